The number of hydrogen-bond acceptors (Lipinski definition) is 6. The highest BCUT2D eigenvalue weighted by Crippen LogP contribution is 2.28. The van der Waals surface area contributed by atoms with Crippen LogP contribution in [0, 0.1) is 12.8 Å². The van der Waals surface area contributed by atoms with Gasteiger partial charge in [-0.2, -0.15) is 4.98 Å². The van der Waals surface area contributed by atoms with E-state index in [-0.39, 0.29) is 23.6 Å². The Morgan fingerprint density at radius 2 is 1.78 bits per heavy atom. The molecule has 0 unspecified atom stereocenters. The maximum Gasteiger partial charge on any atom is 0.251 e. The summed E-state index contributed by atoms with van der Waals surface area (Å²) in [6.45, 7) is 7.40. The summed E-state index contributed by atoms with van der Waals surface area (Å²) in [5, 5.41) is 9.70. The lowest BCUT2D eigenvalue weighted by Crippen LogP contribution is -2.50. The van der Waals surface area contributed by atoms with Gasteiger partial charge >= 0.3 is 0 Å². The van der Waals surface area contributed by atoms with Crippen molar-refractivity contribution >= 4 is 11.8 Å². The van der Waals surface area contributed by atoms with Crippen LogP contribution in [0.3, 0.4) is 0 Å². The second-order valence-electron chi connectivity index (χ2n) is 7.95. The Balaban J connectivity index is 1.70. The Kier molecular flexibility index (Phi) is 7.25. The number of carbonyl (C=O) groups excluding carboxylic acids is 2. The molecule has 8 nitrogen and oxygen atoms in total. The van der Waals surface area contributed by atoms with Gasteiger partial charge in [-0.15, -0.1) is 0 Å². The largest absolute Gasteiger partial charge is 0.496 e. The average Bonchev–Trinajstić information content (AvgIpc) is 3.27. The van der Waals surface area contributed by atoms with Crippen LogP contribution in [-0.2, 0) is 4.79 Å². The molecule has 0 aliphatic heterocycles. The highest BCUT2D eigenvalue weighted by molar-refractivity contribution is 5.97. The van der Waals surface area contributed by atoms with Gasteiger partial charge in [-0.3, -0.25) is 9.59 Å². The third-order valence-electron chi connectivity index (χ3n) is 5.03. The van der Waals surface area contributed by atoms with Crippen LogP contribution in [0.1, 0.15) is 48.6 Å². The lowest BCUT2D eigenvalue weighted by Gasteiger charge is -2.23. The van der Waals surface area contributed by atoms with Gasteiger partial charge in [0.25, 0.3) is 5.91 Å². The zero-order valence-electron chi connectivity index (χ0n) is 18.9. The number of nitrogens with zero attached hydrogens (tertiary/aromatic N) is 2. The maximum absolute atomic E-state index is 12.9. The molecule has 2 N–H and O–H groups in total. The van der Waals surface area contributed by atoms with Crippen molar-refractivity contribution in [2.75, 3.05) is 7.11 Å². The van der Waals surface area contributed by atoms with Crippen LogP contribution in [0.2, 0.25) is 0 Å². The molecule has 0 saturated carbocycles. The van der Waals surface area contributed by atoms with E-state index >= 15 is 0 Å². The van der Waals surface area contributed by atoms with Crippen LogP contribution in [0.5, 0.6) is 5.75 Å². The van der Waals surface area contributed by atoms with Crippen molar-refractivity contribution in [3.63, 3.8) is 0 Å². The van der Waals surface area contributed by atoms with Crippen LogP contribution in [0.4, 0.5) is 0 Å². The first kappa shape index (κ1) is 23.0. The molecule has 0 fully saturated rings. The fourth-order valence-corrected chi connectivity index (χ4v) is 3.26. The number of amides is 2. The molecular formula is C24H28N4O4. The number of hydrogen-bond donors (Lipinski definition) is 2. The number of nitrogens with one attached hydrogen (secondary N) is 2. The molecule has 1 aromatic heterocycles. The van der Waals surface area contributed by atoms with E-state index in [9.17, 15) is 9.59 Å². The highest BCUT2D eigenvalue weighted by atomic mass is 16.5. The van der Waals surface area contributed by atoms with Crippen molar-refractivity contribution in [2.45, 2.75) is 39.8 Å². The summed E-state index contributed by atoms with van der Waals surface area (Å²) in [5.41, 5.74) is 2.17. The topological polar surface area (TPSA) is 106 Å². The second kappa shape index (κ2) is 10.1. The van der Waals surface area contributed by atoms with Gasteiger partial charge in [0.2, 0.25) is 17.6 Å². The average molecular weight is 437 g/mol. The van der Waals surface area contributed by atoms with Crippen molar-refractivity contribution in [3.8, 4) is 17.1 Å². The molecule has 3 rings (SSSR count). The molecule has 0 aliphatic carbocycles. The lowest BCUT2D eigenvalue weighted by atomic mass is 10.0. The van der Waals surface area contributed by atoms with Crippen LogP contribution < -0.4 is 15.4 Å². The SMILES string of the molecule is COc1ccccc1-c1noc([C@H](C)NC(=O)[C@@H](NC(=O)c2cccc(C)c2)C(C)C)n1. The summed E-state index contributed by atoms with van der Waals surface area (Å²) in [6, 6.07) is 13.3. The smallest absolute Gasteiger partial charge is 0.251 e. The molecule has 0 spiro atoms. The number of rotatable bonds is 8. The van der Waals surface area contributed by atoms with Gasteiger partial charge in [0.15, 0.2) is 0 Å². The van der Waals surface area contributed by atoms with Gasteiger partial charge in [0.05, 0.1) is 12.7 Å². The highest BCUT2D eigenvalue weighted by Gasteiger charge is 2.27. The van der Waals surface area contributed by atoms with Crippen LogP contribution >= 0.6 is 0 Å². The summed E-state index contributed by atoms with van der Waals surface area (Å²) < 4.78 is 10.7. The molecular weight excluding hydrogens is 408 g/mol. The fourth-order valence-electron chi connectivity index (χ4n) is 3.26. The molecule has 32 heavy (non-hydrogen) atoms. The quantitative estimate of drug-likeness (QED) is 0.558. The van der Waals surface area contributed by atoms with E-state index in [1.165, 1.54) is 0 Å². The number of aromatic nitrogens is 2. The third-order valence-corrected chi connectivity index (χ3v) is 5.03. The molecule has 8 heteroatoms. The summed E-state index contributed by atoms with van der Waals surface area (Å²) in [7, 11) is 1.57. The predicted molar refractivity (Wildman–Crippen MR) is 120 cm³/mol. The molecule has 0 bridgehead atoms. The monoisotopic (exact) mass is 436 g/mol. The molecule has 2 amide bonds. The number of methoxy groups -OCH3 is 1. The van der Waals surface area contributed by atoms with Gasteiger partial charge in [-0.1, -0.05) is 48.8 Å². The van der Waals surface area contributed by atoms with E-state index < -0.39 is 12.1 Å². The number of ether oxygens (including phenoxy) is 1. The van der Waals surface area contributed by atoms with Crippen LogP contribution in [-0.4, -0.2) is 35.1 Å². The second-order valence-corrected chi connectivity index (χ2v) is 7.95. The van der Waals surface area contributed by atoms with E-state index in [1.807, 2.05) is 51.1 Å². The number of benzene rings is 2. The normalized spacial score (nSPS) is 12.8. The van der Waals surface area contributed by atoms with Crippen molar-refractivity contribution < 1.29 is 18.8 Å². The third kappa shape index (κ3) is 5.32. The summed E-state index contributed by atoms with van der Waals surface area (Å²) >= 11 is 0. The van der Waals surface area contributed by atoms with Gasteiger partial charge < -0.3 is 19.9 Å². The summed E-state index contributed by atoms with van der Waals surface area (Å²) in [5.74, 6) is 0.494. The molecule has 1 heterocycles. The minimum absolute atomic E-state index is 0.122. The lowest BCUT2D eigenvalue weighted by molar-refractivity contribution is -0.124. The van der Waals surface area contributed by atoms with Crippen molar-refractivity contribution in [1.29, 1.82) is 0 Å². The van der Waals surface area contributed by atoms with Crippen molar-refractivity contribution in [1.82, 2.24) is 20.8 Å². The number of carbonyl (C=O) groups is 2. The first-order chi connectivity index (χ1) is 15.3. The zero-order chi connectivity index (χ0) is 23.3. The molecule has 0 radical (unpaired) electrons. The molecule has 3 aromatic rings. The van der Waals surface area contributed by atoms with Crippen molar-refractivity contribution in [3.05, 3.63) is 65.5 Å². The number of aryl methyl sites for hydroxylation is 1. The Labute approximate surface area is 187 Å². The van der Waals surface area contributed by atoms with Gasteiger partial charge in [-0.25, -0.2) is 0 Å². The first-order valence-electron chi connectivity index (χ1n) is 10.4. The Hall–Kier alpha value is -3.68. The van der Waals surface area contributed by atoms with Gasteiger partial charge in [0.1, 0.15) is 17.8 Å². The molecule has 0 aliphatic rings. The predicted octanol–water partition coefficient (Wildman–Crippen LogP) is 3.69. The minimum Gasteiger partial charge on any atom is -0.496 e. The molecule has 2 atom stereocenters. The Bertz CT molecular complexity index is 1090. The van der Waals surface area contributed by atoms with E-state index in [0.29, 0.717) is 22.7 Å². The van der Waals surface area contributed by atoms with Gasteiger partial charge in [0, 0.05) is 5.56 Å². The fraction of sp³-hybridized carbons (Fsp3) is 0.333. The zero-order valence-corrected chi connectivity index (χ0v) is 18.9. The first-order valence-corrected chi connectivity index (χ1v) is 10.4. The standard InChI is InChI=1S/C24H28N4O4/c1-14(2)20(26-22(29)17-10-8-9-15(3)13-17)23(30)25-16(4)24-27-21(28-32-24)18-11-6-7-12-19(18)31-5/h6-14,16,20H,1-5H3,(H,25,30)(H,26,29)/t16-,20-/m0/s1. The maximum atomic E-state index is 12.9. The van der Waals surface area contributed by atoms with Crippen LogP contribution in [0.15, 0.2) is 53.1 Å². The Morgan fingerprint density at radius 3 is 2.47 bits per heavy atom. The van der Waals surface area contributed by atoms with Gasteiger partial charge in [-0.05, 0) is 44.0 Å². The minimum atomic E-state index is -0.720. The number of para-hydroxylation sites is 1. The van der Waals surface area contributed by atoms with E-state index in [0.717, 1.165) is 5.56 Å². The van der Waals surface area contributed by atoms with Crippen LogP contribution in [0.25, 0.3) is 11.4 Å². The molecule has 2 aromatic carbocycles. The van der Waals surface area contributed by atoms with E-state index in [1.54, 1.807) is 32.2 Å². The summed E-state index contributed by atoms with van der Waals surface area (Å²) in [6.07, 6.45) is 0. The van der Waals surface area contributed by atoms with Crippen molar-refractivity contribution in [2.24, 2.45) is 5.92 Å². The van der Waals surface area contributed by atoms with E-state index in [2.05, 4.69) is 20.8 Å². The Morgan fingerprint density at radius 1 is 1.03 bits per heavy atom. The molecule has 0 saturated heterocycles. The summed E-state index contributed by atoms with van der Waals surface area (Å²) in [4.78, 5) is 30.0. The molecule has 168 valence electrons. The van der Waals surface area contributed by atoms with E-state index in [4.69, 9.17) is 9.26 Å².